The van der Waals surface area contributed by atoms with Crippen LogP contribution in [-0.4, -0.2) is 29.3 Å². The van der Waals surface area contributed by atoms with Crippen molar-refractivity contribution in [3.8, 4) is 0 Å². The minimum atomic E-state index is -4.60. The molecule has 0 unspecified atom stereocenters. The normalized spacial score (nSPS) is 14.3. The topological polar surface area (TPSA) is 69.4 Å². The molecule has 2 aromatic rings. The number of carbonyl (C=O) groups excluding carboxylic acids is 2. The Labute approximate surface area is 161 Å². The van der Waals surface area contributed by atoms with Crippen molar-refractivity contribution in [2.45, 2.75) is 31.4 Å². The number of halogens is 4. The van der Waals surface area contributed by atoms with E-state index in [0.29, 0.717) is 17.3 Å². The standard InChI is InChI=1S/C18H15BrF3NO4/c1-26-17(25)14-13(16(27-23-14)10-2-3-10)15(24)11-6-9(4-5-19)7-12(8-11)18(20,21)22/h6-8,10H,2-5H2,1H3. The molecule has 1 aliphatic rings. The summed E-state index contributed by atoms with van der Waals surface area (Å²) in [4.78, 5) is 25.0. The van der Waals surface area contributed by atoms with E-state index in [1.54, 1.807) is 0 Å². The first-order valence-electron chi connectivity index (χ1n) is 8.16. The smallest absolute Gasteiger partial charge is 0.416 e. The van der Waals surface area contributed by atoms with Gasteiger partial charge in [-0.05, 0) is 43.0 Å². The lowest BCUT2D eigenvalue weighted by atomic mass is 9.95. The zero-order chi connectivity index (χ0) is 19.8. The molecule has 1 aliphatic carbocycles. The van der Waals surface area contributed by atoms with Gasteiger partial charge in [0.1, 0.15) is 5.56 Å². The van der Waals surface area contributed by atoms with E-state index in [-0.39, 0.29) is 28.5 Å². The first kappa shape index (κ1) is 19.6. The highest BCUT2D eigenvalue weighted by atomic mass is 79.9. The quantitative estimate of drug-likeness (QED) is 0.371. The lowest BCUT2D eigenvalue weighted by Gasteiger charge is -2.12. The number of ketones is 1. The van der Waals surface area contributed by atoms with Gasteiger partial charge in [0.15, 0.2) is 11.5 Å². The first-order valence-corrected chi connectivity index (χ1v) is 9.28. The van der Waals surface area contributed by atoms with E-state index in [0.717, 1.165) is 32.1 Å². The molecule has 1 fully saturated rings. The molecular formula is C18H15BrF3NO4. The first-order chi connectivity index (χ1) is 12.8. The maximum Gasteiger partial charge on any atom is 0.416 e. The molecule has 1 aromatic heterocycles. The molecule has 5 nitrogen and oxygen atoms in total. The van der Waals surface area contributed by atoms with E-state index in [4.69, 9.17) is 4.52 Å². The molecule has 0 atom stereocenters. The number of aromatic nitrogens is 1. The van der Waals surface area contributed by atoms with E-state index in [9.17, 15) is 22.8 Å². The number of esters is 1. The van der Waals surface area contributed by atoms with Gasteiger partial charge in [-0.2, -0.15) is 13.2 Å². The number of aryl methyl sites for hydroxylation is 1. The molecule has 0 spiro atoms. The van der Waals surface area contributed by atoms with E-state index in [2.05, 4.69) is 25.8 Å². The molecule has 0 saturated heterocycles. The van der Waals surface area contributed by atoms with E-state index in [1.807, 2.05) is 0 Å². The minimum absolute atomic E-state index is 0.0670. The molecule has 144 valence electrons. The van der Waals surface area contributed by atoms with Crippen LogP contribution < -0.4 is 0 Å². The van der Waals surface area contributed by atoms with Crippen molar-refractivity contribution >= 4 is 27.7 Å². The number of rotatable bonds is 6. The van der Waals surface area contributed by atoms with Crippen LogP contribution in [0.2, 0.25) is 0 Å². The molecule has 9 heteroatoms. The van der Waals surface area contributed by atoms with Crippen LogP contribution in [0.3, 0.4) is 0 Å². The van der Waals surface area contributed by atoms with Gasteiger partial charge in [0.25, 0.3) is 0 Å². The second kappa shape index (κ2) is 7.46. The van der Waals surface area contributed by atoms with Gasteiger partial charge in [-0.1, -0.05) is 21.1 Å². The predicted molar refractivity (Wildman–Crippen MR) is 92.2 cm³/mol. The van der Waals surface area contributed by atoms with Crippen molar-refractivity contribution in [1.82, 2.24) is 5.16 Å². The largest absolute Gasteiger partial charge is 0.464 e. The summed E-state index contributed by atoms with van der Waals surface area (Å²) in [6.45, 7) is 0. The van der Waals surface area contributed by atoms with Crippen molar-refractivity contribution < 1.29 is 32.0 Å². The van der Waals surface area contributed by atoms with E-state index < -0.39 is 23.5 Å². The lowest BCUT2D eigenvalue weighted by molar-refractivity contribution is -0.137. The number of alkyl halides is 4. The third-order valence-electron chi connectivity index (χ3n) is 4.24. The van der Waals surface area contributed by atoms with Crippen LogP contribution >= 0.6 is 15.9 Å². The Morgan fingerprint density at radius 2 is 2.00 bits per heavy atom. The molecular weight excluding hydrogens is 431 g/mol. The molecule has 27 heavy (non-hydrogen) atoms. The molecule has 1 aromatic carbocycles. The predicted octanol–water partition coefficient (Wildman–Crippen LogP) is 4.53. The minimum Gasteiger partial charge on any atom is -0.464 e. The second-order valence-corrected chi connectivity index (χ2v) is 7.01. The molecule has 0 radical (unpaired) electrons. The summed E-state index contributed by atoms with van der Waals surface area (Å²) in [7, 11) is 1.13. The Bertz CT molecular complexity index is 887. The SMILES string of the molecule is COC(=O)c1noc(C2CC2)c1C(=O)c1cc(CCBr)cc(C(F)(F)F)c1. The highest BCUT2D eigenvalue weighted by Crippen LogP contribution is 2.43. The summed E-state index contributed by atoms with van der Waals surface area (Å²) in [5.74, 6) is -1.45. The second-order valence-electron chi connectivity index (χ2n) is 6.22. The van der Waals surface area contributed by atoms with Gasteiger partial charge in [0, 0.05) is 16.8 Å². The number of hydrogen-bond donors (Lipinski definition) is 0. The van der Waals surface area contributed by atoms with Crippen LogP contribution in [0.1, 0.15) is 62.1 Å². The zero-order valence-corrected chi connectivity index (χ0v) is 15.8. The fourth-order valence-electron chi connectivity index (χ4n) is 2.77. The average Bonchev–Trinajstić information content (AvgIpc) is 3.38. The molecule has 0 bridgehead atoms. The molecule has 3 rings (SSSR count). The van der Waals surface area contributed by atoms with Crippen LogP contribution in [0, 0.1) is 0 Å². The summed E-state index contributed by atoms with van der Waals surface area (Å²) in [5, 5.41) is 4.06. The summed E-state index contributed by atoms with van der Waals surface area (Å²) < 4.78 is 49.5. The summed E-state index contributed by atoms with van der Waals surface area (Å²) in [6, 6.07) is 3.18. The van der Waals surface area contributed by atoms with Gasteiger partial charge in [0.2, 0.25) is 5.69 Å². The summed E-state index contributed by atoms with van der Waals surface area (Å²) in [5.41, 5.74) is -1.17. The van der Waals surface area contributed by atoms with Crippen molar-refractivity contribution in [3.63, 3.8) is 0 Å². The van der Waals surface area contributed by atoms with Gasteiger partial charge in [-0.3, -0.25) is 4.79 Å². The third-order valence-corrected chi connectivity index (χ3v) is 4.63. The number of ether oxygens (including phenoxy) is 1. The number of methoxy groups -OCH3 is 1. The maximum absolute atomic E-state index is 13.2. The average molecular weight is 446 g/mol. The highest BCUT2D eigenvalue weighted by Gasteiger charge is 2.38. The Balaban J connectivity index is 2.12. The van der Waals surface area contributed by atoms with Gasteiger partial charge in [-0.15, -0.1) is 0 Å². The fraction of sp³-hybridized carbons (Fsp3) is 0.389. The number of benzene rings is 1. The number of carbonyl (C=O) groups is 2. The number of hydrogen-bond acceptors (Lipinski definition) is 5. The molecule has 0 N–H and O–H groups in total. The van der Waals surface area contributed by atoms with Gasteiger partial charge < -0.3 is 9.26 Å². The molecule has 1 heterocycles. The van der Waals surface area contributed by atoms with Crippen molar-refractivity contribution in [2.24, 2.45) is 0 Å². The monoisotopic (exact) mass is 445 g/mol. The maximum atomic E-state index is 13.2. The van der Waals surface area contributed by atoms with Crippen LogP contribution in [-0.2, 0) is 17.3 Å². The lowest BCUT2D eigenvalue weighted by Crippen LogP contribution is -2.14. The third kappa shape index (κ3) is 4.07. The fourth-order valence-corrected chi connectivity index (χ4v) is 3.22. The van der Waals surface area contributed by atoms with Crippen LogP contribution in [0.5, 0.6) is 0 Å². The Morgan fingerprint density at radius 1 is 1.30 bits per heavy atom. The number of nitrogens with zero attached hydrogens (tertiary/aromatic N) is 1. The Morgan fingerprint density at radius 3 is 2.56 bits per heavy atom. The van der Waals surface area contributed by atoms with Crippen LogP contribution in [0.4, 0.5) is 13.2 Å². The van der Waals surface area contributed by atoms with Crippen LogP contribution in [0.15, 0.2) is 22.7 Å². The molecule has 0 amide bonds. The van der Waals surface area contributed by atoms with Gasteiger partial charge in [0.05, 0.1) is 12.7 Å². The van der Waals surface area contributed by atoms with E-state index >= 15 is 0 Å². The molecule has 1 saturated carbocycles. The zero-order valence-electron chi connectivity index (χ0n) is 14.2. The summed E-state index contributed by atoms with van der Waals surface area (Å²) >= 11 is 3.19. The van der Waals surface area contributed by atoms with Crippen molar-refractivity contribution in [1.29, 1.82) is 0 Å². The van der Waals surface area contributed by atoms with Crippen molar-refractivity contribution in [3.05, 3.63) is 51.9 Å². The highest BCUT2D eigenvalue weighted by molar-refractivity contribution is 9.09. The summed E-state index contributed by atoms with van der Waals surface area (Å²) in [6.07, 6.45) is -2.77. The Hall–Kier alpha value is -2.16. The van der Waals surface area contributed by atoms with Crippen LogP contribution in [0.25, 0.3) is 0 Å². The Kier molecular flexibility index (Phi) is 5.41. The van der Waals surface area contributed by atoms with Gasteiger partial charge in [-0.25, -0.2) is 4.79 Å². The van der Waals surface area contributed by atoms with E-state index in [1.165, 1.54) is 6.07 Å². The molecule has 0 aliphatic heterocycles. The van der Waals surface area contributed by atoms with Gasteiger partial charge >= 0.3 is 12.1 Å². The van der Waals surface area contributed by atoms with Crippen molar-refractivity contribution in [2.75, 3.05) is 12.4 Å².